The van der Waals surface area contributed by atoms with Gasteiger partial charge in [-0.25, -0.2) is 0 Å². The highest BCUT2D eigenvalue weighted by Gasteiger charge is 2.53. The smallest absolute Gasteiger partial charge is 0.0937 e. The van der Waals surface area contributed by atoms with Crippen LogP contribution in [0.15, 0.2) is 211 Å². The van der Waals surface area contributed by atoms with E-state index in [1.807, 2.05) is 60.3 Å². The Morgan fingerprint density at radius 2 is 1.07 bits per heavy atom. The van der Waals surface area contributed by atoms with Gasteiger partial charge in [0.1, 0.15) is 0 Å². The number of fused-ring (bicyclic) bond motifs is 18. The summed E-state index contributed by atoms with van der Waals surface area (Å²) in [7, 11) is 0. The maximum atomic E-state index is 5.09. The third kappa shape index (κ3) is 4.65. The van der Waals surface area contributed by atoms with Gasteiger partial charge in [-0.1, -0.05) is 109 Å². The summed E-state index contributed by atoms with van der Waals surface area (Å²) >= 11 is 3.82. The molecule has 6 heterocycles. The number of aromatic nitrogens is 4. The Bertz CT molecular complexity index is 4260. The number of anilines is 3. The lowest BCUT2D eigenvalue weighted by Crippen LogP contribution is -2.32. The number of hydrogen-bond donors (Lipinski definition) is 0. The molecule has 7 aromatic carbocycles. The van der Waals surface area contributed by atoms with E-state index in [1.54, 1.807) is 0 Å². The molecule has 330 valence electrons. The third-order valence-electron chi connectivity index (χ3n) is 16.5. The summed E-state index contributed by atoms with van der Waals surface area (Å²) in [6.07, 6.45) is 13.7. The molecule has 5 aromatic heterocycles. The minimum atomic E-state index is -0.581. The summed E-state index contributed by atoms with van der Waals surface area (Å²) in [6, 6.07) is 62.1. The first kappa shape index (κ1) is 38.6. The molecule has 7 heteroatoms. The molecule has 5 aliphatic rings. The second-order valence-corrected chi connectivity index (χ2v) is 21.6. The minimum Gasteiger partial charge on any atom is -0.307 e. The summed E-state index contributed by atoms with van der Waals surface area (Å²) in [6.45, 7) is 0. The zero-order valence-electron chi connectivity index (χ0n) is 38.0. The summed E-state index contributed by atoms with van der Waals surface area (Å²) < 4.78 is 2.59. The van der Waals surface area contributed by atoms with E-state index in [0.29, 0.717) is 0 Å². The van der Waals surface area contributed by atoms with E-state index in [9.17, 15) is 0 Å². The summed E-state index contributed by atoms with van der Waals surface area (Å²) in [4.78, 5) is 24.2. The van der Waals surface area contributed by atoms with Gasteiger partial charge in [0.25, 0.3) is 0 Å². The molecule has 1 aliphatic heterocycles. The number of nitrogens with zero attached hydrogens (tertiary/aromatic N) is 5. The van der Waals surface area contributed by atoms with Crippen molar-refractivity contribution in [3.05, 3.63) is 257 Å². The van der Waals surface area contributed by atoms with Crippen LogP contribution in [0.4, 0.5) is 17.1 Å². The van der Waals surface area contributed by atoms with Gasteiger partial charge in [-0.2, -0.15) is 0 Å². The Morgan fingerprint density at radius 3 is 1.85 bits per heavy atom. The molecule has 17 rings (SSSR count). The fraction of sp³-hybridized carbons (Fsp3) is 0.0625. The lowest BCUT2D eigenvalue weighted by atomic mass is 9.61. The van der Waals surface area contributed by atoms with Gasteiger partial charge in [0.15, 0.2) is 0 Å². The van der Waals surface area contributed by atoms with Crippen LogP contribution in [0.5, 0.6) is 0 Å². The monoisotopic (exact) mass is 939 g/mol. The quantitative estimate of drug-likeness (QED) is 0.176. The van der Waals surface area contributed by atoms with E-state index in [0.717, 1.165) is 24.2 Å². The van der Waals surface area contributed by atoms with Crippen LogP contribution in [0.1, 0.15) is 55.6 Å². The molecule has 0 saturated heterocycles. The molecular formula is C64H37N5S2. The number of hydrogen-bond acceptors (Lipinski definition) is 7. The Labute approximate surface area is 417 Å². The fourth-order valence-electron chi connectivity index (χ4n) is 13.9. The second-order valence-electron chi connectivity index (χ2n) is 19.5. The number of rotatable bonds is 3. The van der Waals surface area contributed by atoms with E-state index in [4.69, 9.17) is 9.97 Å². The molecule has 0 radical (unpaired) electrons. The maximum absolute atomic E-state index is 5.09. The highest BCUT2D eigenvalue weighted by molar-refractivity contribution is 7.99. The highest BCUT2D eigenvalue weighted by atomic mass is 32.2. The van der Waals surface area contributed by atoms with Gasteiger partial charge in [-0.3, -0.25) is 19.9 Å². The van der Waals surface area contributed by atoms with Gasteiger partial charge >= 0.3 is 0 Å². The van der Waals surface area contributed by atoms with Crippen molar-refractivity contribution in [2.45, 2.75) is 33.5 Å². The SMILES string of the molecule is c1ccc2c(c1)Sc1cc3c(cc1N2c1cccc2c1sc1c4c(ccc12)C1(c2cccnc2-c2ncccc21)c1ccc2c5c(ccc-4c15)CC2)-c1ccccc1C3(c1ccncc1)c1ccncc1. The molecule has 0 unspecified atom stereocenters. The summed E-state index contributed by atoms with van der Waals surface area (Å²) in [5.74, 6) is 0. The Morgan fingerprint density at radius 1 is 0.408 bits per heavy atom. The van der Waals surface area contributed by atoms with Crippen LogP contribution < -0.4 is 4.90 Å². The van der Waals surface area contributed by atoms with Gasteiger partial charge in [0.2, 0.25) is 0 Å². The molecule has 4 aliphatic carbocycles. The van der Waals surface area contributed by atoms with E-state index in [2.05, 4.69) is 179 Å². The minimum absolute atomic E-state index is 0.563. The maximum Gasteiger partial charge on any atom is 0.0937 e. The van der Waals surface area contributed by atoms with Crippen LogP contribution in [0, 0.1) is 0 Å². The van der Waals surface area contributed by atoms with Crippen LogP contribution in [-0.2, 0) is 23.7 Å². The Balaban J connectivity index is 0.953. The standard InChI is InChI=1S/C64H37N5S2/c1-2-10-45-40(8-1)44-34-53-55(35-50(44)63(45,38-24-30-65-31-25-38)39-26-32-66-33-27-39)70-54-15-4-3-13-51(54)69(53)52-14-5-9-41-42-21-23-47-58(62(42)71-61(41)52)43-20-18-36-16-17-37-19-22-46(57(43)56(36)37)64(47)48-11-6-28-67-59(48)60-49(64)12-7-29-68-60/h1-15,18-35H,16-17H2. The first-order valence-electron chi connectivity index (χ1n) is 24.4. The molecule has 0 N–H and O–H groups in total. The van der Waals surface area contributed by atoms with Crippen molar-refractivity contribution < 1.29 is 0 Å². The van der Waals surface area contributed by atoms with Crippen LogP contribution in [-0.4, -0.2) is 19.9 Å². The number of thiophene rings is 1. The molecule has 0 atom stereocenters. The molecule has 0 saturated carbocycles. The zero-order chi connectivity index (χ0) is 46.2. The topological polar surface area (TPSA) is 54.8 Å². The third-order valence-corrected chi connectivity index (χ3v) is 18.9. The predicted octanol–water partition coefficient (Wildman–Crippen LogP) is 15.5. The lowest BCUT2D eigenvalue weighted by molar-refractivity contribution is 0.761. The van der Waals surface area contributed by atoms with Gasteiger partial charge in [-0.05, 0) is 163 Å². The van der Waals surface area contributed by atoms with Gasteiger partial charge in [0, 0.05) is 68.0 Å². The Hall–Kier alpha value is -8.23. The molecule has 0 fully saturated rings. The first-order valence-corrected chi connectivity index (χ1v) is 26.0. The van der Waals surface area contributed by atoms with Crippen LogP contribution in [0.25, 0.3) is 64.6 Å². The molecule has 5 nitrogen and oxygen atoms in total. The lowest BCUT2D eigenvalue weighted by Gasteiger charge is -2.40. The van der Waals surface area contributed by atoms with E-state index >= 15 is 0 Å². The van der Waals surface area contributed by atoms with Crippen LogP contribution >= 0.6 is 23.1 Å². The van der Waals surface area contributed by atoms with Crippen molar-refractivity contribution in [2.75, 3.05) is 4.90 Å². The zero-order valence-corrected chi connectivity index (χ0v) is 39.7. The van der Waals surface area contributed by atoms with Crippen molar-refractivity contribution >= 4 is 71.1 Å². The van der Waals surface area contributed by atoms with Crippen LogP contribution in [0.3, 0.4) is 0 Å². The molecule has 12 aromatic rings. The molecular weight excluding hydrogens is 903 g/mol. The van der Waals surface area contributed by atoms with Crippen molar-refractivity contribution in [1.29, 1.82) is 0 Å². The normalized spacial score (nSPS) is 15.4. The largest absolute Gasteiger partial charge is 0.307 e. The number of aryl methyl sites for hydroxylation is 2. The molecule has 0 bridgehead atoms. The van der Waals surface area contributed by atoms with Gasteiger partial charge < -0.3 is 4.90 Å². The van der Waals surface area contributed by atoms with E-state index in [-0.39, 0.29) is 0 Å². The van der Waals surface area contributed by atoms with Crippen molar-refractivity contribution in [3.8, 4) is 33.6 Å². The fourth-order valence-corrected chi connectivity index (χ4v) is 16.3. The van der Waals surface area contributed by atoms with Crippen LogP contribution in [0.2, 0.25) is 0 Å². The van der Waals surface area contributed by atoms with Crippen molar-refractivity contribution in [1.82, 2.24) is 19.9 Å². The Kier molecular flexibility index (Phi) is 7.48. The van der Waals surface area contributed by atoms with Gasteiger partial charge in [0.05, 0.1) is 44.0 Å². The molecule has 1 spiro atoms. The number of para-hydroxylation sites is 1. The van der Waals surface area contributed by atoms with Crippen molar-refractivity contribution in [3.63, 3.8) is 0 Å². The van der Waals surface area contributed by atoms with E-state index < -0.39 is 10.8 Å². The average molecular weight is 940 g/mol. The first-order chi connectivity index (χ1) is 35.2. The molecule has 0 amide bonds. The molecule has 71 heavy (non-hydrogen) atoms. The summed E-state index contributed by atoms with van der Waals surface area (Å²) in [5.41, 5.74) is 22.4. The highest BCUT2D eigenvalue weighted by Crippen LogP contribution is 2.65. The van der Waals surface area contributed by atoms with Crippen molar-refractivity contribution in [2.24, 2.45) is 0 Å². The summed E-state index contributed by atoms with van der Waals surface area (Å²) in [5, 5.41) is 5.38. The van der Waals surface area contributed by atoms with E-state index in [1.165, 1.54) is 136 Å². The number of benzene rings is 7. The average Bonchev–Trinajstić information content (AvgIpc) is 4.20. The second kappa shape index (κ2) is 13.8. The number of pyridine rings is 4. The predicted molar refractivity (Wildman–Crippen MR) is 288 cm³/mol. The van der Waals surface area contributed by atoms with Gasteiger partial charge in [-0.15, -0.1) is 11.3 Å².